The number of hydrogen-bond acceptors (Lipinski definition) is 5. The highest BCUT2D eigenvalue weighted by Gasteiger charge is 2.19. The van der Waals surface area contributed by atoms with Gasteiger partial charge in [0, 0.05) is 20.7 Å². The van der Waals surface area contributed by atoms with E-state index in [-0.39, 0.29) is 12.5 Å². The van der Waals surface area contributed by atoms with Crippen LogP contribution < -0.4 is 10.1 Å². The minimum absolute atomic E-state index is 0.186. The van der Waals surface area contributed by atoms with Gasteiger partial charge >= 0.3 is 0 Å². The zero-order valence-corrected chi connectivity index (χ0v) is 17.5. The van der Waals surface area contributed by atoms with Gasteiger partial charge in [-0.3, -0.25) is 4.79 Å². The van der Waals surface area contributed by atoms with Crippen LogP contribution in [-0.2, 0) is 6.61 Å². The van der Waals surface area contributed by atoms with Crippen molar-refractivity contribution in [1.82, 2.24) is 0 Å². The number of benzene rings is 2. The Bertz CT molecular complexity index is 1210. The average molecular weight is 448 g/mol. The number of ether oxygens (including phenoxy) is 1. The number of thiophene rings is 1. The van der Waals surface area contributed by atoms with Crippen LogP contribution in [0.1, 0.15) is 15.4 Å². The Morgan fingerprint density at radius 3 is 2.72 bits per heavy atom. The van der Waals surface area contributed by atoms with Gasteiger partial charge in [0.1, 0.15) is 28.8 Å². The number of hydrogen-bond donors (Lipinski definition) is 2. The maximum atomic E-state index is 12.9. The molecule has 0 aliphatic carbocycles. The van der Waals surface area contributed by atoms with E-state index in [1.807, 2.05) is 6.07 Å². The molecule has 1 amide bonds. The number of nitrogens with one attached hydrogen (secondary N) is 1. The Morgan fingerprint density at radius 1 is 1.17 bits per heavy atom. The minimum atomic E-state index is -0.349. The first-order valence-corrected chi connectivity index (χ1v) is 10.1. The van der Waals surface area contributed by atoms with E-state index in [1.165, 1.54) is 18.4 Å². The monoisotopic (exact) mass is 447 g/mol. The van der Waals surface area contributed by atoms with Gasteiger partial charge in [0.2, 0.25) is 0 Å². The van der Waals surface area contributed by atoms with Crippen LogP contribution in [0.25, 0.3) is 21.4 Å². The molecule has 8 heteroatoms. The van der Waals surface area contributed by atoms with Crippen LogP contribution in [0.5, 0.6) is 5.75 Å². The third kappa shape index (κ3) is 3.84. The lowest BCUT2D eigenvalue weighted by Crippen LogP contribution is -2.11. The lowest BCUT2D eigenvalue weighted by molar-refractivity contribution is 0.103. The zero-order chi connectivity index (χ0) is 20.5. The fourth-order valence-electron chi connectivity index (χ4n) is 2.94. The molecule has 2 aromatic carbocycles. The number of rotatable bonds is 5. The molecule has 0 atom stereocenters. The van der Waals surface area contributed by atoms with Gasteiger partial charge in [-0.15, -0.1) is 11.3 Å². The van der Waals surface area contributed by atoms with E-state index < -0.39 is 0 Å². The number of fused-ring (bicyclic) bond motifs is 1. The van der Waals surface area contributed by atoms with Crippen LogP contribution in [0.15, 0.2) is 52.9 Å². The largest absolute Gasteiger partial charge is 0.495 e. The third-order valence-electron chi connectivity index (χ3n) is 4.35. The summed E-state index contributed by atoms with van der Waals surface area (Å²) in [6.45, 7) is -0.186. The maximum Gasteiger partial charge on any atom is 0.267 e. The van der Waals surface area contributed by atoms with Gasteiger partial charge in [-0.05, 0) is 42.5 Å². The first kappa shape index (κ1) is 19.8. The van der Waals surface area contributed by atoms with Gasteiger partial charge in [-0.25, -0.2) is 0 Å². The summed E-state index contributed by atoms with van der Waals surface area (Å²) in [4.78, 5) is 13.3. The summed E-state index contributed by atoms with van der Waals surface area (Å²) in [5.74, 6) is 1.17. The fraction of sp³-hybridized carbons (Fsp3) is 0.0952. The maximum absolute atomic E-state index is 12.9. The summed E-state index contributed by atoms with van der Waals surface area (Å²) in [5, 5.41) is 13.8. The lowest BCUT2D eigenvalue weighted by atomic mass is 10.1. The van der Waals surface area contributed by atoms with E-state index >= 15 is 0 Å². The van der Waals surface area contributed by atoms with Crippen LogP contribution >= 0.6 is 34.5 Å². The molecular weight excluding hydrogens is 433 g/mol. The van der Waals surface area contributed by atoms with E-state index in [1.54, 1.807) is 42.5 Å². The summed E-state index contributed by atoms with van der Waals surface area (Å²) >= 11 is 13.7. The summed E-state index contributed by atoms with van der Waals surface area (Å²) in [6, 6.07) is 14.0. The van der Waals surface area contributed by atoms with E-state index in [4.69, 9.17) is 32.4 Å². The van der Waals surface area contributed by atoms with Crippen molar-refractivity contribution >= 4 is 56.2 Å². The number of carbonyl (C=O) groups is 1. The lowest BCUT2D eigenvalue weighted by Gasteiger charge is -2.11. The van der Waals surface area contributed by atoms with Crippen LogP contribution in [0.2, 0.25) is 10.0 Å². The second kappa shape index (κ2) is 8.08. The highest BCUT2D eigenvalue weighted by atomic mass is 35.5. The molecule has 0 aliphatic heterocycles. The minimum Gasteiger partial charge on any atom is -0.495 e. The number of halogens is 2. The predicted molar refractivity (Wildman–Crippen MR) is 116 cm³/mol. The van der Waals surface area contributed by atoms with Crippen molar-refractivity contribution in [1.29, 1.82) is 0 Å². The van der Waals surface area contributed by atoms with Crippen LogP contribution in [0.3, 0.4) is 0 Å². The Morgan fingerprint density at radius 2 is 2.00 bits per heavy atom. The van der Waals surface area contributed by atoms with Gasteiger partial charge in [-0.2, -0.15) is 0 Å². The van der Waals surface area contributed by atoms with E-state index in [9.17, 15) is 9.90 Å². The molecule has 2 aromatic heterocycles. The number of carbonyl (C=O) groups excluding carboxylic acids is 1. The SMILES string of the molecule is COc1ccc(-c2ccc(CO)o2)cc1NC(=O)c1sc2cc(Cl)ccc2c1Cl. The van der Waals surface area contributed by atoms with Crippen molar-refractivity contribution in [2.24, 2.45) is 0 Å². The summed E-state index contributed by atoms with van der Waals surface area (Å²) in [7, 11) is 1.52. The van der Waals surface area contributed by atoms with E-state index in [0.717, 1.165) is 15.6 Å². The Balaban J connectivity index is 1.68. The standard InChI is InChI=1S/C21H15Cl2NO4S/c1-27-17-6-2-11(16-7-4-13(10-25)28-16)8-15(17)24-21(26)20-19(23)14-5-3-12(22)9-18(14)29-20/h2-9,25H,10H2,1H3,(H,24,26). The molecule has 5 nitrogen and oxygen atoms in total. The van der Waals surface area contributed by atoms with Crippen molar-refractivity contribution in [2.75, 3.05) is 12.4 Å². The topological polar surface area (TPSA) is 71.7 Å². The molecule has 4 aromatic rings. The molecule has 0 spiro atoms. The molecule has 0 saturated carbocycles. The van der Waals surface area contributed by atoms with Crippen molar-refractivity contribution < 1.29 is 19.1 Å². The number of aliphatic hydroxyl groups is 1. The molecule has 2 N–H and O–H groups in total. The van der Waals surface area contributed by atoms with E-state index in [0.29, 0.717) is 37.9 Å². The summed E-state index contributed by atoms with van der Waals surface area (Å²) < 4.78 is 11.8. The molecule has 0 fully saturated rings. The number of anilines is 1. The summed E-state index contributed by atoms with van der Waals surface area (Å²) in [5.41, 5.74) is 1.21. The number of methoxy groups -OCH3 is 1. The molecular formula is C21H15Cl2NO4S. The first-order chi connectivity index (χ1) is 14.0. The van der Waals surface area contributed by atoms with E-state index in [2.05, 4.69) is 5.32 Å². The van der Waals surface area contributed by atoms with Gasteiger partial charge in [0.05, 0.1) is 17.8 Å². The molecule has 2 heterocycles. The number of aliphatic hydroxyl groups excluding tert-OH is 1. The average Bonchev–Trinajstić information content (AvgIpc) is 3.32. The molecule has 4 rings (SSSR count). The highest BCUT2D eigenvalue weighted by molar-refractivity contribution is 7.21. The van der Waals surface area contributed by atoms with Crippen LogP contribution in [0.4, 0.5) is 5.69 Å². The molecule has 0 aliphatic rings. The molecule has 0 unspecified atom stereocenters. The number of furan rings is 1. The normalized spacial score (nSPS) is 11.0. The molecule has 29 heavy (non-hydrogen) atoms. The van der Waals surface area contributed by atoms with Crippen molar-refractivity contribution in [3.63, 3.8) is 0 Å². The quantitative estimate of drug-likeness (QED) is 0.380. The van der Waals surface area contributed by atoms with Crippen LogP contribution in [-0.4, -0.2) is 18.1 Å². The van der Waals surface area contributed by atoms with Gasteiger partial charge in [0.25, 0.3) is 5.91 Å². The predicted octanol–water partition coefficient (Wildman–Crippen LogP) is 6.22. The van der Waals surface area contributed by atoms with Gasteiger partial charge in [-0.1, -0.05) is 29.3 Å². The number of amides is 1. The highest BCUT2D eigenvalue weighted by Crippen LogP contribution is 2.38. The molecule has 148 valence electrons. The summed E-state index contributed by atoms with van der Waals surface area (Å²) in [6.07, 6.45) is 0. The van der Waals surface area contributed by atoms with Crippen molar-refractivity contribution in [2.45, 2.75) is 6.61 Å². The van der Waals surface area contributed by atoms with Gasteiger partial charge < -0.3 is 19.6 Å². The second-order valence-electron chi connectivity index (χ2n) is 6.18. The Labute approximate surface area is 180 Å². The zero-order valence-electron chi connectivity index (χ0n) is 15.2. The molecule has 0 bridgehead atoms. The van der Waals surface area contributed by atoms with Crippen LogP contribution in [0, 0.1) is 0 Å². The molecule has 0 saturated heterocycles. The van der Waals surface area contributed by atoms with Crippen molar-refractivity contribution in [3.05, 3.63) is 69.2 Å². The van der Waals surface area contributed by atoms with Gasteiger partial charge in [0.15, 0.2) is 0 Å². The third-order valence-corrected chi connectivity index (χ3v) is 6.24. The molecule has 0 radical (unpaired) electrons. The Hall–Kier alpha value is -2.51. The van der Waals surface area contributed by atoms with Crippen molar-refractivity contribution in [3.8, 4) is 17.1 Å². The second-order valence-corrected chi connectivity index (χ2v) is 8.05. The first-order valence-electron chi connectivity index (χ1n) is 8.57. The fourth-order valence-corrected chi connectivity index (χ4v) is 4.63. The smallest absolute Gasteiger partial charge is 0.267 e. The Kier molecular flexibility index (Phi) is 5.52.